The van der Waals surface area contributed by atoms with E-state index in [2.05, 4.69) is 16.0 Å². The number of aromatic nitrogens is 2. The van der Waals surface area contributed by atoms with Crippen LogP contribution < -0.4 is 5.73 Å². The average molecular weight is 225 g/mol. The van der Waals surface area contributed by atoms with Crippen molar-refractivity contribution in [3.63, 3.8) is 0 Å². The van der Waals surface area contributed by atoms with E-state index in [0.29, 0.717) is 5.92 Å². The second kappa shape index (κ2) is 3.84. The normalized spacial score (nSPS) is 14.9. The molecule has 1 aliphatic carbocycles. The van der Waals surface area contributed by atoms with Gasteiger partial charge in [0.1, 0.15) is 0 Å². The molecule has 2 N–H and O–H groups in total. The lowest BCUT2D eigenvalue weighted by Gasteiger charge is -2.05. The second-order valence-electron chi connectivity index (χ2n) is 4.65. The van der Waals surface area contributed by atoms with Gasteiger partial charge in [0, 0.05) is 28.6 Å². The third-order valence-corrected chi connectivity index (χ3v) is 3.04. The molecule has 3 nitrogen and oxygen atoms in total. The average Bonchev–Trinajstić information content (AvgIpc) is 3.13. The van der Waals surface area contributed by atoms with Gasteiger partial charge < -0.3 is 5.73 Å². The summed E-state index contributed by atoms with van der Waals surface area (Å²) in [5.74, 6) is 1.47. The van der Waals surface area contributed by atoms with Crippen molar-refractivity contribution in [2.24, 2.45) is 0 Å². The quantitative estimate of drug-likeness (QED) is 0.799. The molecular formula is C14H15N3. The van der Waals surface area contributed by atoms with Gasteiger partial charge in [0.05, 0.1) is 0 Å². The summed E-state index contributed by atoms with van der Waals surface area (Å²) < 4.78 is 0. The second-order valence-corrected chi connectivity index (χ2v) is 4.65. The third kappa shape index (κ3) is 2.13. The molecule has 0 bridgehead atoms. The Morgan fingerprint density at radius 1 is 1.12 bits per heavy atom. The summed E-state index contributed by atoms with van der Waals surface area (Å²) >= 11 is 0. The van der Waals surface area contributed by atoms with Crippen LogP contribution >= 0.6 is 0 Å². The fourth-order valence-electron chi connectivity index (χ4n) is 1.94. The number of nitrogen functional groups attached to an aromatic ring is 1. The van der Waals surface area contributed by atoms with Crippen LogP contribution in [-0.2, 0) is 0 Å². The lowest BCUT2D eigenvalue weighted by atomic mass is 10.1. The standard InChI is InChI=1S/C14H15N3/c1-9-8-13(10-2-3-10)17-14(16-9)11-4-6-12(15)7-5-11/h4-8,10H,2-3,15H2,1H3. The molecule has 3 heteroatoms. The molecule has 0 spiro atoms. The largest absolute Gasteiger partial charge is 0.399 e. The van der Waals surface area contributed by atoms with Crippen molar-refractivity contribution in [1.29, 1.82) is 0 Å². The molecule has 3 rings (SSSR count). The number of nitrogens with two attached hydrogens (primary N) is 1. The molecule has 0 aliphatic heterocycles. The fraction of sp³-hybridized carbons (Fsp3) is 0.286. The zero-order valence-corrected chi connectivity index (χ0v) is 9.85. The summed E-state index contributed by atoms with van der Waals surface area (Å²) in [7, 11) is 0. The number of anilines is 1. The highest BCUT2D eigenvalue weighted by Gasteiger charge is 2.25. The predicted octanol–water partition coefficient (Wildman–Crippen LogP) is 2.91. The maximum absolute atomic E-state index is 5.68. The minimum absolute atomic E-state index is 0.657. The highest BCUT2D eigenvalue weighted by Crippen LogP contribution is 2.39. The van der Waals surface area contributed by atoms with Crippen LogP contribution in [0.5, 0.6) is 0 Å². The topological polar surface area (TPSA) is 51.8 Å². The molecule has 2 aromatic rings. The molecule has 1 heterocycles. The van der Waals surface area contributed by atoms with Gasteiger partial charge >= 0.3 is 0 Å². The Bertz CT molecular complexity index is 542. The van der Waals surface area contributed by atoms with Crippen LogP contribution in [0.1, 0.15) is 30.1 Å². The Labute approximate surface area is 101 Å². The van der Waals surface area contributed by atoms with Gasteiger partial charge in [0.25, 0.3) is 0 Å². The van der Waals surface area contributed by atoms with E-state index in [1.54, 1.807) is 0 Å². The minimum Gasteiger partial charge on any atom is -0.399 e. The van der Waals surface area contributed by atoms with E-state index in [-0.39, 0.29) is 0 Å². The first kappa shape index (κ1) is 10.3. The molecule has 1 fully saturated rings. The molecule has 0 amide bonds. The van der Waals surface area contributed by atoms with Crippen molar-refractivity contribution >= 4 is 5.69 Å². The number of nitrogens with zero attached hydrogens (tertiary/aromatic N) is 2. The van der Waals surface area contributed by atoms with E-state index in [9.17, 15) is 0 Å². The highest BCUT2D eigenvalue weighted by molar-refractivity contribution is 5.59. The molecule has 0 atom stereocenters. The number of hydrogen-bond acceptors (Lipinski definition) is 3. The summed E-state index contributed by atoms with van der Waals surface area (Å²) in [6, 6.07) is 9.82. The Hall–Kier alpha value is -1.90. The third-order valence-electron chi connectivity index (χ3n) is 3.04. The molecule has 1 saturated carbocycles. The first-order valence-electron chi connectivity index (χ1n) is 5.94. The van der Waals surface area contributed by atoms with Crippen molar-refractivity contribution in [2.75, 3.05) is 5.73 Å². The minimum atomic E-state index is 0.657. The smallest absolute Gasteiger partial charge is 0.159 e. The van der Waals surface area contributed by atoms with Gasteiger partial charge in [-0.1, -0.05) is 0 Å². The first-order chi connectivity index (χ1) is 8.22. The van der Waals surface area contributed by atoms with Crippen LogP contribution in [0.2, 0.25) is 0 Å². The van der Waals surface area contributed by atoms with Crippen LogP contribution in [-0.4, -0.2) is 9.97 Å². The van der Waals surface area contributed by atoms with Crippen LogP contribution in [0.4, 0.5) is 5.69 Å². The van der Waals surface area contributed by atoms with E-state index in [1.807, 2.05) is 31.2 Å². The summed E-state index contributed by atoms with van der Waals surface area (Å²) in [4.78, 5) is 9.14. The molecule has 1 aliphatic rings. The Balaban J connectivity index is 2.04. The highest BCUT2D eigenvalue weighted by atomic mass is 14.9. The molecule has 0 unspecified atom stereocenters. The van der Waals surface area contributed by atoms with Gasteiger partial charge in [-0.25, -0.2) is 9.97 Å². The maximum Gasteiger partial charge on any atom is 0.159 e. The van der Waals surface area contributed by atoms with Gasteiger partial charge in [-0.2, -0.15) is 0 Å². The van der Waals surface area contributed by atoms with Crippen molar-refractivity contribution in [2.45, 2.75) is 25.7 Å². The lowest BCUT2D eigenvalue weighted by molar-refractivity contribution is 0.973. The molecule has 0 saturated heterocycles. The summed E-state index contributed by atoms with van der Waals surface area (Å²) in [6.45, 7) is 2.02. The van der Waals surface area contributed by atoms with Crippen LogP contribution in [0.25, 0.3) is 11.4 Å². The first-order valence-corrected chi connectivity index (χ1v) is 5.94. The van der Waals surface area contributed by atoms with Crippen LogP contribution in [0.15, 0.2) is 30.3 Å². The molecule has 1 aromatic heterocycles. The van der Waals surface area contributed by atoms with Crippen molar-refractivity contribution in [3.8, 4) is 11.4 Å². The SMILES string of the molecule is Cc1cc(C2CC2)nc(-c2ccc(N)cc2)n1. The van der Waals surface area contributed by atoms with E-state index in [0.717, 1.165) is 22.8 Å². The summed E-state index contributed by atoms with van der Waals surface area (Å²) in [5.41, 5.74) is 9.70. The van der Waals surface area contributed by atoms with E-state index in [4.69, 9.17) is 5.73 Å². The molecule has 17 heavy (non-hydrogen) atoms. The molecule has 1 aromatic carbocycles. The van der Waals surface area contributed by atoms with Crippen molar-refractivity contribution in [1.82, 2.24) is 9.97 Å². The summed E-state index contributed by atoms with van der Waals surface area (Å²) in [6.07, 6.45) is 2.52. The molecule has 0 radical (unpaired) electrons. The lowest BCUT2D eigenvalue weighted by Crippen LogP contribution is -1.97. The van der Waals surface area contributed by atoms with Gasteiger partial charge in [-0.3, -0.25) is 0 Å². The van der Waals surface area contributed by atoms with Crippen molar-refractivity contribution in [3.05, 3.63) is 41.7 Å². The Morgan fingerprint density at radius 3 is 2.47 bits per heavy atom. The zero-order chi connectivity index (χ0) is 11.8. The summed E-state index contributed by atoms with van der Waals surface area (Å²) in [5, 5.41) is 0. The predicted molar refractivity (Wildman–Crippen MR) is 68.6 cm³/mol. The van der Waals surface area contributed by atoms with E-state index < -0.39 is 0 Å². The van der Waals surface area contributed by atoms with Gasteiger partial charge in [-0.05, 0) is 50.1 Å². The van der Waals surface area contributed by atoms with E-state index >= 15 is 0 Å². The van der Waals surface area contributed by atoms with Gasteiger partial charge in [-0.15, -0.1) is 0 Å². The number of benzene rings is 1. The van der Waals surface area contributed by atoms with Gasteiger partial charge in [0.2, 0.25) is 0 Å². The number of aryl methyl sites for hydroxylation is 1. The maximum atomic E-state index is 5.68. The van der Waals surface area contributed by atoms with Crippen LogP contribution in [0, 0.1) is 6.92 Å². The zero-order valence-electron chi connectivity index (χ0n) is 9.85. The molecule has 86 valence electrons. The van der Waals surface area contributed by atoms with Crippen LogP contribution in [0.3, 0.4) is 0 Å². The molecular weight excluding hydrogens is 210 g/mol. The Morgan fingerprint density at radius 2 is 1.82 bits per heavy atom. The van der Waals surface area contributed by atoms with E-state index in [1.165, 1.54) is 18.5 Å². The van der Waals surface area contributed by atoms with Gasteiger partial charge in [0.15, 0.2) is 5.82 Å². The monoisotopic (exact) mass is 225 g/mol. The van der Waals surface area contributed by atoms with Crippen molar-refractivity contribution < 1.29 is 0 Å². The number of hydrogen-bond donors (Lipinski definition) is 1. The fourth-order valence-corrected chi connectivity index (χ4v) is 1.94. The Kier molecular flexibility index (Phi) is 2.32. The number of rotatable bonds is 2.